The molecular formula is C8H7FN2S2. The molecule has 0 bridgehead atoms. The van der Waals surface area contributed by atoms with Gasteiger partial charge in [-0.15, -0.1) is 0 Å². The summed E-state index contributed by atoms with van der Waals surface area (Å²) in [5.41, 5.74) is 3.44. The summed E-state index contributed by atoms with van der Waals surface area (Å²) in [4.78, 5) is 0. The van der Waals surface area contributed by atoms with E-state index in [-0.39, 0.29) is 5.82 Å². The number of hydrogen-bond acceptors (Lipinski definition) is 3. The number of thioether (sulfide) groups is 1. The first-order chi connectivity index (χ1) is 6.27. The van der Waals surface area contributed by atoms with E-state index in [0.717, 1.165) is 0 Å². The highest BCUT2D eigenvalue weighted by atomic mass is 32.2. The minimum Gasteiger partial charge on any atom is -0.282 e. The van der Waals surface area contributed by atoms with Crippen molar-refractivity contribution in [2.75, 3.05) is 10.9 Å². The van der Waals surface area contributed by atoms with E-state index in [1.165, 1.54) is 17.8 Å². The van der Waals surface area contributed by atoms with Crippen molar-refractivity contribution < 1.29 is 4.39 Å². The number of hydrogen-bond donors (Lipinski definition) is 1. The molecule has 5 heteroatoms. The molecule has 0 atom stereocenters. The molecule has 1 aliphatic rings. The Balaban J connectivity index is 2.26. The third-order valence-corrected chi connectivity index (χ3v) is 2.88. The molecule has 0 radical (unpaired) electrons. The Bertz CT molecular complexity index is 343. The van der Waals surface area contributed by atoms with E-state index in [0.29, 0.717) is 15.9 Å². The lowest BCUT2D eigenvalue weighted by Crippen LogP contribution is -2.32. The minimum atomic E-state index is -0.236. The molecule has 68 valence electrons. The van der Waals surface area contributed by atoms with Crippen LogP contribution < -0.4 is 10.4 Å². The number of nitrogens with zero attached hydrogens (tertiary/aromatic N) is 1. The van der Waals surface area contributed by atoms with Gasteiger partial charge in [-0.25, -0.2) is 4.39 Å². The molecule has 0 spiro atoms. The van der Waals surface area contributed by atoms with Crippen molar-refractivity contribution in [2.45, 2.75) is 0 Å². The van der Waals surface area contributed by atoms with Crippen LogP contribution >= 0.6 is 24.0 Å². The lowest BCUT2D eigenvalue weighted by molar-refractivity contribution is 0.620. The molecule has 0 unspecified atom stereocenters. The predicted octanol–water partition coefficient (Wildman–Crippen LogP) is 2.13. The summed E-state index contributed by atoms with van der Waals surface area (Å²) >= 11 is 6.42. The number of benzene rings is 1. The van der Waals surface area contributed by atoms with Gasteiger partial charge in [-0.05, 0) is 12.1 Å². The van der Waals surface area contributed by atoms with Crippen molar-refractivity contribution in [2.24, 2.45) is 0 Å². The maximum absolute atomic E-state index is 13.2. The second kappa shape index (κ2) is 3.51. The maximum atomic E-state index is 13.2. The fourth-order valence-corrected chi connectivity index (χ4v) is 1.99. The zero-order chi connectivity index (χ0) is 9.26. The summed E-state index contributed by atoms with van der Waals surface area (Å²) in [7, 11) is 0. The summed E-state index contributed by atoms with van der Waals surface area (Å²) in [5, 5.41) is 1.70. The summed E-state index contributed by atoms with van der Waals surface area (Å²) in [5.74, 6) is 0.417. The largest absolute Gasteiger partial charge is 0.282 e. The molecule has 1 N–H and O–H groups in total. The van der Waals surface area contributed by atoms with E-state index in [4.69, 9.17) is 12.2 Å². The molecule has 0 aliphatic carbocycles. The Morgan fingerprint density at radius 3 is 2.85 bits per heavy atom. The number of hydrazine groups is 1. The van der Waals surface area contributed by atoms with E-state index in [2.05, 4.69) is 5.43 Å². The first-order valence-corrected chi connectivity index (χ1v) is 5.12. The average Bonchev–Trinajstić information content (AvgIpc) is 2.53. The summed E-state index contributed by atoms with van der Waals surface area (Å²) < 4.78 is 13.9. The number of halogens is 1. The van der Waals surface area contributed by atoms with Crippen LogP contribution in [0.1, 0.15) is 0 Å². The Morgan fingerprint density at radius 1 is 1.46 bits per heavy atom. The van der Waals surface area contributed by atoms with Gasteiger partial charge in [0.15, 0.2) is 4.32 Å². The quantitative estimate of drug-likeness (QED) is 0.720. The number of nitrogens with one attached hydrogen (secondary N) is 1. The van der Waals surface area contributed by atoms with Crippen LogP contribution in [0, 0.1) is 5.82 Å². The fourth-order valence-electron chi connectivity index (χ4n) is 1.10. The van der Waals surface area contributed by atoms with Crippen LogP contribution in [0.2, 0.25) is 0 Å². The van der Waals surface area contributed by atoms with Crippen LogP contribution in [-0.2, 0) is 0 Å². The van der Waals surface area contributed by atoms with Gasteiger partial charge in [0.1, 0.15) is 5.82 Å². The van der Waals surface area contributed by atoms with Gasteiger partial charge in [-0.1, -0.05) is 36.1 Å². The molecule has 1 aromatic rings. The number of rotatable bonds is 1. The van der Waals surface area contributed by atoms with E-state index in [1.807, 2.05) is 0 Å². The highest BCUT2D eigenvalue weighted by Crippen LogP contribution is 2.23. The Kier molecular flexibility index (Phi) is 2.37. The lowest BCUT2D eigenvalue weighted by Gasteiger charge is -2.16. The van der Waals surface area contributed by atoms with Crippen LogP contribution in [0.3, 0.4) is 0 Å². The summed E-state index contributed by atoms with van der Waals surface area (Å²) in [6.07, 6.45) is 0. The Labute approximate surface area is 85.1 Å². The standard InChI is InChI=1S/C8H7FN2S2/c9-6-3-1-2-4-7(6)11-5-13-8(12)10-11/h1-4H,5H2,(H,10,12). The number of anilines is 1. The molecule has 1 fully saturated rings. The summed E-state index contributed by atoms with van der Waals surface area (Å²) in [6.45, 7) is 0. The van der Waals surface area contributed by atoms with E-state index in [9.17, 15) is 4.39 Å². The zero-order valence-electron chi connectivity index (χ0n) is 6.66. The molecule has 1 saturated heterocycles. The Hall–Kier alpha value is -0.810. The smallest absolute Gasteiger partial charge is 0.154 e. The molecule has 0 amide bonds. The zero-order valence-corrected chi connectivity index (χ0v) is 8.29. The molecule has 2 nitrogen and oxygen atoms in total. The van der Waals surface area contributed by atoms with Crippen LogP contribution in [0.25, 0.3) is 0 Å². The lowest BCUT2D eigenvalue weighted by atomic mass is 10.3. The minimum absolute atomic E-state index is 0.236. The van der Waals surface area contributed by atoms with E-state index in [1.54, 1.807) is 23.2 Å². The fraction of sp³-hybridized carbons (Fsp3) is 0.125. The van der Waals surface area contributed by atoms with Gasteiger partial charge in [0.2, 0.25) is 0 Å². The maximum Gasteiger partial charge on any atom is 0.154 e. The second-order valence-electron chi connectivity index (χ2n) is 2.55. The van der Waals surface area contributed by atoms with Crippen molar-refractivity contribution in [3.8, 4) is 0 Å². The third kappa shape index (κ3) is 1.76. The van der Waals surface area contributed by atoms with Gasteiger partial charge in [-0.2, -0.15) is 0 Å². The second-order valence-corrected chi connectivity index (χ2v) is 4.17. The SMILES string of the molecule is Fc1ccccc1N1CSC(=S)N1. The van der Waals surface area contributed by atoms with Crippen molar-refractivity contribution in [1.29, 1.82) is 0 Å². The summed E-state index contributed by atoms with van der Waals surface area (Å²) in [6, 6.07) is 6.62. The molecule has 13 heavy (non-hydrogen) atoms. The van der Waals surface area contributed by atoms with Crippen molar-refractivity contribution in [3.05, 3.63) is 30.1 Å². The average molecular weight is 214 g/mol. The van der Waals surface area contributed by atoms with Crippen molar-refractivity contribution in [1.82, 2.24) is 5.43 Å². The van der Waals surface area contributed by atoms with Gasteiger partial charge in [-0.3, -0.25) is 10.4 Å². The third-order valence-electron chi connectivity index (χ3n) is 1.69. The normalized spacial score (nSPS) is 16.1. The van der Waals surface area contributed by atoms with Crippen LogP contribution in [0.5, 0.6) is 0 Å². The van der Waals surface area contributed by atoms with Gasteiger partial charge >= 0.3 is 0 Å². The van der Waals surface area contributed by atoms with Gasteiger partial charge < -0.3 is 0 Å². The van der Waals surface area contributed by atoms with Crippen LogP contribution in [0.4, 0.5) is 10.1 Å². The van der Waals surface area contributed by atoms with Crippen LogP contribution in [0.15, 0.2) is 24.3 Å². The van der Waals surface area contributed by atoms with Gasteiger partial charge in [0.05, 0.1) is 11.6 Å². The van der Waals surface area contributed by atoms with E-state index < -0.39 is 0 Å². The van der Waals surface area contributed by atoms with Crippen LogP contribution in [-0.4, -0.2) is 10.2 Å². The molecule has 1 heterocycles. The molecule has 2 rings (SSSR count). The first kappa shape index (κ1) is 8.77. The number of thiocarbonyl (C=S) groups is 1. The highest BCUT2D eigenvalue weighted by Gasteiger charge is 2.18. The molecular weight excluding hydrogens is 207 g/mol. The predicted molar refractivity (Wildman–Crippen MR) is 57.1 cm³/mol. The molecule has 0 aromatic heterocycles. The highest BCUT2D eigenvalue weighted by molar-refractivity contribution is 8.23. The topological polar surface area (TPSA) is 15.3 Å². The van der Waals surface area contributed by atoms with Gasteiger partial charge in [0, 0.05) is 0 Å². The van der Waals surface area contributed by atoms with Crippen molar-refractivity contribution in [3.63, 3.8) is 0 Å². The molecule has 0 saturated carbocycles. The molecule has 1 aromatic carbocycles. The molecule has 1 aliphatic heterocycles. The first-order valence-electron chi connectivity index (χ1n) is 3.73. The van der Waals surface area contributed by atoms with E-state index >= 15 is 0 Å². The monoisotopic (exact) mass is 214 g/mol. The number of para-hydroxylation sites is 1. The van der Waals surface area contributed by atoms with Gasteiger partial charge in [0.25, 0.3) is 0 Å². The Morgan fingerprint density at radius 2 is 2.23 bits per heavy atom. The van der Waals surface area contributed by atoms with Crippen molar-refractivity contribution >= 4 is 34.0 Å².